The molecule has 4 aromatic rings. The summed E-state index contributed by atoms with van der Waals surface area (Å²) in [4.78, 5) is 17.7. The summed E-state index contributed by atoms with van der Waals surface area (Å²) in [5.74, 6) is 0.426. The fourth-order valence-corrected chi connectivity index (χ4v) is 3.42. The van der Waals surface area contributed by atoms with Gasteiger partial charge in [-0.1, -0.05) is 0 Å². The van der Waals surface area contributed by atoms with E-state index in [4.69, 9.17) is 4.42 Å². The molecular weight excluding hydrogens is 356 g/mol. The SMILES string of the molecule is CCn1ncc(CNC(=O)c2cc(-c3ccco3)nc3c2c(C)nn3C)c1C. The minimum atomic E-state index is -0.181. The number of nitrogens with zero attached hydrogens (tertiary/aromatic N) is 5. The molecule has 0 spiro atoms. The maximum absolute atomic E-state index is 13.1. The van der Waals surface area contributed by atoms with Crippen LogP contribution in [0.5, 0.6) is 0 Å². The normalized spacial score (nSPS) is 11.3. The summed E-state index contributed by atoms with van der Waals surface area (Å²) in [6.07, 6.45) is 3.38. The van der Waals surface area contributed by atoms with E-state index in [9.17, 15) is 4.79 Å². The van der Waals surface area contributed by atoms with E-state index in [1.54, 1.807) is 29.3 Å². The van der Waals surface area contributed by atoms with Crippen molar-refractivity contribution in [1.82, 2.24) is 29.9 Å². The van der Waals surface area contributed by atoms with Gasteiger partial charge in [-0.25, -0.2) is 4.98 Å². The first-order valence-electron chi connectivity index (χ1n) is 9.17. The maximum Gasteiger partial charge on any atom is 0.252 e. The lowest BCUT2D eigenvalue weighted by Gasteiger charge is -2.09. The van der Waals surface area contributed by atoms with Gasteiger partial charge in [0, 0.05) is 31.4 Å². The predicted octanol–water partition coefficient (Wildman–Crippen LogP) is 2.99. The standard InChI is InChI=1S/C20H22N6O2/c1-5-26-13(3)14(11-22-26)10-21-20(27)15-9-16(17-7-6-8-28-17)23-19-18(15)12(2)24-25(19)4/h6-9,11H,5,10H2,1-4H3,(H,21,27). The van der Waals surface area contributed by atoms with Crippen molar-refractivity contribution >= 4 is 16.9 Å². The third kappa shape index (κ3) is 2.96. The van der Waals surface area contributed by atoms with Gasteiger partial charge in [0.1, 0.15) is 5.69 Å². The second kappa shape index (κ2) is 6.95. The van der Waals surface area contributed by atoms with Gasteiger partial charge in [0.05, 0.1) is 29.1 Å². The summed E-state index contributed by atoms with van der Waals surface area (Å²) in [5, 5.41) is 12.5. The van der Waals surface area contributed by atoms with Crippen LogP contribution in [0, 0.1) is 13.8 Å². The highest BCUT2D eigenvalue weighted by Crippen LogP contribution is 2.27. The van der Waals surface area contributed by atoms with Gasteiger partial charge in [-0.15, -0.1) is 0 Å². The number of hydrogen-bond acceptors (Lipinski definition) is 5. The zero-order valence-electron chi connectivity index (χ0n) is 16.4. The number of nitrogens with one attached hydrogen (secondary N) is 1. The highest BCUT2D eigenvalue weighted by atomic mass is 16.3. The molecule has 0 unspecified atom stereocenters. The molecule has 8 heteroatoms. The number of aryl methyl sites for hydroxylation is 3. The van der Waals surface area contributed by atoms with Gasteiger partial charge in [-0.2, -0.15) is 10.2 Å². The number of fused-ring (bicyclic) bond motifs is 1. The highest BCUT2D eigenvalue weighted by Gasteiger charge is 2.20. The van der Waals surface area contributed by atoms with Crippen LogP contribution in [0.15, 0.2) is 35.1 Å². The molecule has 0 bridgehead atoms. The van der Waals surface area contributed by atoms with E-state index in [1.807, 2.05) is 38.6 Å². The molecule has 1 N–H and O–H groups in total. The fourth-order valence-electron chi connectivity index (χ4n) is 3.42. The van der Waals surface area contributed by atoms with Crippen LogP contribution >= 0.6 is 0 Å². The Labute approximate surface area is 162 Å². The van der Waals surface area contributed by atoms with Gasteiger partial charge in [0.25, 0.3) is 5.91 Å². The lowest BCUT2D eigenvalue weighted by molar-refractivity contribution is 0.0952. The van der Waals surface area contributed by atoms with E-state index < -0.39 is 0 Å². The fraction of sp³-hybridized carbons (Fsp3) is 0.300. The largest absolute Gasteiger partial charge is 0.463 e. The van der Waals surface area contributed by atoms with Gasteiger partial charge in [0.2, 0.25) is 0 Å². The van der Waals surface area contributed by atoms with Crippen molar-refractivity contribution in [3.63, 3.8) is 0 Å². The molecule has 144 valence electrons. The molecular formula is C20H22N6O2. The predicted molar refractivity (Wildman–Crippen MR) is 105 cm³/mol. The van der Waals surface area contributed by atoms with Gasteiger partial charge < -0.3 is 9.73 Å². The Kier molecular flexibility index (Phi) is 4.46. The van der Waals surface area contributed by atoms with Crippen LogP contribution in [0.2, 0.25) is 0 Å². The Balaban J connectivity index is 1.72. The van der Waals surface area contributed by atoms with Gasteiger partial charge in [0.15, 0.2) is 11.4 Å². The second-order valence-electron chi connectivity index (χ2n) is 6.69. The van der Waals surface area contributed by atoms with E-state index in [0.717, 1.165) is 28.9 Å². The smallest absolute Gasteiger partial charge is 0.252 e. The van der Waals surface area contributed by atoms with Crippen LogP contribution in [-0.4, -0.2) is 30.5 Å². The Hall–Kier alpha value is -3.42. The van der Waals surface area contributed by atoms with Crippen LogP contribution in [0.3, 0.4) is 0 Å². The molecule has 0 saturated carbocycles. The number of aromatic nitrogens is 5. The quantitative estimate of drug-likeness (QED) is 0.576. The average molecular weight is 378 g/mol. The molecule has 28 heavy (non-hydrogen) atoms. The molecule has 4 aromatic heterocycles. The summed E-state index contributed by atoms with van der Waals surface area (Å²) in [5.41, 5.74) is 4.58. The number of carbonyl (C=O) groups excluding carboxylic acids is 1. The van der Waals surface area contributed by atoms with Crippen LogP contribution in [0.4, 0.5) is 0 Å². The monoisotopic (exact) mass is 378 g/mol. The van der Waals surface area contributed by atoms with Crippen molar-refractivity contribution in [2.75, 3.05) is 0 Å². The summed E-state index contributed by atoms with van der Waals surface area (Å²) in [7, 11) is 1.82. The number of hydrogen-bond donors (Lipinski definition) is 1. The van der Waals surface area contributed by atoms with Crippen molar-refractivity contribution in [3.05, 3.63) is 53.2 Å². The average Bonchev–Trinajstić information content (AvgIpc) is 3.40. The van der Waals surface area contributed by atoms with Crippen molar-refractivity contribution in [2.24, 2.45) is 7.05 Å². The van der Waals surface area contributed by atoms with E-state index in [2.05, 4.69) is 20.5 Å². The first kappa shape index (κ1) is 18.0. The number of furan rings is 1. The highest BCUT2D eigenvalue weighted by molar-refractivity contribution is 6.07. The number of amides is 1. The van der Waals surface area contributed by atoms with Crippen molar-refractivity contribution in [2.45, 2.75) is 33.9 Å². The van der Waals surface area contributed by atoms with Gasteiger partial charge in [-0.05, 0) is 39.0 Å². The molecule has 4 rings (SSSR count). The number of carbonyl (C=O) groups is 1. The molecule has 0 aliphatic rings. The molecule has 8 nitrogen and oxygen atoms in total. The van der Waals surface area contributed by atoms with Crippen LogP contribution in [0.1, 0.15) is 34.2 Å². The molecule has 1 amide bonds. The minimum absolute atomic E-state index is 0.181. The lowest BCUT2D eigenvalue weighted by Crippen LogP contribution is -2.23. The van der Waals surface area contributed by atoms with Gasteiger partial charge in [-0.3, -0.25) is 14.2 Å². The molecule has 0 saturated heterocycles. The topological polar surface area (TPSA) is 90.8 Å². The summed E-state index contributed by atoms with van der Waals surface area (Å²) in [6.45, 7) is 7.12. The van der Waals surface area contributed by atoms with Crippen LogP contribution in [0.25, 0.3) is 22.5 Å². The molecule has 0 aliphatic carbocycles. The maximum atomic E-state index is 13.1. The molecule has 4 heterocycles. The number of pyridine rings is 1. The Morgan fingerprint density at radius 2 is 2.14 bits per heavy atom. The summed E-state index contributed by atoms with van der Waals surface area (Å²) in [6, 6.07) is 5.37. The summed E-state index contributed by atoms with van der Waals surface area (Å²) >= 11 is 0. The van der Waals surface area contributed by atoms with Crippen molar-refractivity contribution in [1.29, 1.82) is 0 Å². The first-order chi connectivity index (χ1) is 13.5. The molecule has 0 fully saturated rings. The third-order valence-electron chi connectivity index (χ3n) is 4.93. The van der Waals surface area contributed by atoms with E-state index >= 15 is 0 Å². The second-order valence-corrected chi connectivity index (χ2v) is 6.69. The first-order valence-corrected chi connectivity index (χ1v) is 9.17. The summed E-state index contributed by atoms with van der Waals surface area (Å²) < 4.78 is 9.07. The Morgan fingerprint density at radius 1 is 1.32 bits per heavy atom. The van der Waals surface area contributed by atoms with Crippen molar-refractivity contribution < 1.29 is 9.21 Å². The lowest BCUT2D eigenvalue weighted by atomic mass is 10.1. The molecule has 0 aliphatic heterocycles. The zero-order valence-corrected chi connectivity index (χ0v) is 16.4. The molecule has 0 aromatic carbocycles. The van der Waals surface area contributed by atoms with E-state index in [0.29, 0.717) is 29.2 Å². The van der Waals surface area contributed by atoms with Crippen LogP contribution < -0.4 is 5.32 Å². The Bertz CT molecular complexity index is 1150. The third-order valence-corrected chi connectivity index (χ3v) is 4.93. The van der Waals surface area contributed by atoms with Crippen molar-refractivity contribution in [3.8, 4) is 11.5 Å². The van der Waals surface area contributed by atoms with E-state index in [1.165, 1.54) is 0 Å². The molecule has 0 radical (unpaired) electrons. The number of rotatable bonds is 5. The zero-order chi connectivity index (χ0) is 19.8. The van der Waals surface area contributed by atoms with Gasteiger partial charge >= 0.3 is 0 Å². The molecule has 0 atom stereocenters. The minimum Gasteiger partial charge on any atom is -0.463 e. The van der Waals surface area contributed by atoms with E-state index in [-0.39, 0.29) is 5.91 Å². The van der Waals surface area contributed by atoms with Crippen LogP contribution in [-0.2, 0) is 20.1 Å². The Morgan fingerprint density at radius 3 is 2.82 bits per heavy atom.